The minimum Gasteiger partial charge on any atom is -0.508 e. The molecule has 0 amide bonds. The number of phenols is 1. The van der Waals surface area contributed by atoms with Crippen molar-refractivity contribution in [2.75, 3.05) is 0 Å². The van der Waals surface area contributed by atoms with Gasteiger partial charge in [0.1, 0.15) is 5.75 Å². The number of benzene rings is 1. The van der Waals surface area contributed by atoms with Crippen LogP contribution >= 0.6 is 0 Å². The Bertz CT molecular complexity index is 579. The monoisotopic (exact) mass is 253 g/mol. The van der Waals surface area contributed by atoms with Gasteiger partial charge in [-0.25, -0.2) is 0 Å². The molecule has 0 spiro atoms. The second-order valence-electron chi connectivity index (χ2n) is 3.96. The lowest BCUT2D eigenvalue weighted by Crippen LogP contribution is -2.04. The summed E-state index contributed by atoms with van der Waals surface area (Å²) in [7, 11) is 0. The van der Waals surface area contributed by atoms with Crippen molar-refractivity contribution in [2.45, 2.75) is 13.1 Å². The highest BCUT2D eigenvalue weighted by Gasteiger charge is 2.31. The molecule has 1 N–H and O–H groups in total. The number of aromatic hydroxyl groups is 1. The average Bonchev–Trinajstić information content (AvgIpc) is 2.27. The highest BCUT2D eigenvalue weighted by molar-refractivity contribution is 5.68. The standard InChI is InChI=1S/C13H10F3NO/c1-8-2-3-17-7-12(8)9-4-10(13(14,15)16)6-11(18)5-9/h2-7,18H,1H3. The first-order valence-corrected chi connectivity index (χ1v) is 5.20. The zero-order chi connectivity index (χ0) is 13.3. The molecule has 0 aliphatic carbocycles. The summed E-state index contributed by atoms with van der Waals surface area (Å²) < 4.78 is 37.9. The molecule has 2 nitrogen and oxygen atoms in total. The number of aryl methyl sites for hydroxylation is 1. The summed E-state index contributed by atoms with van der Waals surface area (Å²) in [5, 5.41) is 9.39. The normalized spacial score (nSPS) is 11.6. The molecule has 5 heteroatoms. The molecule has 2 aromatic rings. The van der Waals surface area contributed by atoms with Crippen LogP contribution in [0.3, 0.4) is 0 Å². The van der Waals surface area contributed by atoms with Crippen LogP contribution in [-0.4, -0.2) is 10.1 Å². The average molecular weight is 253 g/mol. The van der Waals surface area contributed by atoms with E-state index in [-0.39, 0.29) is 0 Å². The summed E-state index contributed by atoms with van der Waals surface area (Å²) in [4.78, 5) is 3.88. The van der Waals surface area contributed by atoms with Gasteiger partial charge in [-0.1, -0.05) is 0 Å². The zero-order valence-electron chi connectivity index (χ0n) is 9.49. The van der Waals surface area contributed by atoms with Crippen LogP contribution in [0.5, 0.6) is 5.75 Å². The molecule has 1 aromatic heterocycles. The lowest BCUT2D eigenvalue weighted by Gasteiger charge is -2.11. The minimum atomic E-state index is -4.48. The maximum atomic E-state index is 12.6. The number of phenolic OH excluding ortho intramolecular Hbond substituents is 1. The van der Waals surface area contributed by atoms with Crippen molar-refractivity contribution in [3.05, 3.63) is 47.8 Å². The van der Waals surface area contributed by atoms with Crippen molar-refractivity contribution in [3.8, 4) is 16.9 Å². The highest BCUT2D eigenvalue weighted by Crippen LogP contribution is 2.35. The number of hydrogen-bond donors (Lipinski definition) is 1. The first-order valence-electron chi connectivity index (χ1n) is 5.20. The van der Waals surface area contributed by atoms with E-state index in [1.54, 1.807) is 19.2 Å². The van der Waals surface area contributed by atoms with E-state index in [1.807, 2.05) is 0 Å². The van der Waals surface area contributed by atoms with Crippen LogP contribution in [0.2, 0.25) is 0 Å². The lowest BCUT2D eigenvalue weighted by molar-refractivity contribution is -0.137. The number of pyridine rings is 1. The summed E-state index contributed by atoms with van der Waals surface area (Å²) in [6.07, 6.45) is -1.44. The summed E-state index contributed by atoms with van der Waals surface area (Å²) >= 11 is 0. The van der Waals surface area contributed by atoms with Gasteiger partial charge in [0.05, 0.1) is 5.56 Å². The molecule has 0 bridgehead atoms. The fraction of sp³-hybridized carbons (Fsp3) is 0.154. The van der Waals surface area contributed by atoms with E-state index >= 15 is 0 Å². The van der Waals surface area contributed by atoms with E-state index in [4.69, 9.17) is 0 Å². The van der Waals surface area contributed by atoms with Crippen LogP contribution in [-0.2, 0) is 6.18 Å². The molecule has 0 radical (unpaired) electrons. The molecule has 0 atom stereocenters. The summed E-state index contributed by atoms with van der Waals surface area (Å²) in [6.45, 7) is 1.77. The Kier molecular flexibility index (Phi) is 2.98. The Morgan fingerprint density at radius 1 is 1.17 bits per heavy atom. The smallest absolute Gasteiger partial charge is 0.416 e. The fourth-order valence-corrected chi connectivity index (χ4v) is 1.70. The third-order valence-corrected chi connectivity index (χ3v) is 2.60. The lowest BCUT2D eigenvalue weighted by atomic mass is 10.0. The van der Waals surface area contributed by atoms with Gasteiger partial charge in [0.25, 0.3) is 0 Å². The maximum absolute atomic E-state index is 12.6. The van der Waals surface area contributed by atoms with Crippen LogP contribution in [0.25, 0.3) is 11.1 Å². The van der Waals surface area contributed by atoms with Crippen molar-refractivity contribution in [3.63, 3.8) is 0 Å². The molecular formula is C13H10F3NO. The minimum absolute atomic E-state index is 0.299. The van der Waals surface area contributed by atoms with Gasteiger partial charge in [-0.2, -0.15) is 13.2 Å². The van der Waals surface area contributed by atoms with E-state index in [0.29, 0.717) is 17.2 Å². The third kappa shape index (κ3) is 2.45. The molecule has 1 aromatic carbocycles. The Hall–Kier alpha value is -2.04. The van der Waals surface area contributed by atoms with Crippen molar-refractivity contribution in [2.24, 2.45) is 0 Å². The quantitative estimate of drug-likeness (QED) is 0.838. The van der Waals surface area contributed by atoms with Gasteiger partial charge in [-0.15, -0.1) is 0 Å². The first-order chi connectivity index (χ1) is 8.38. The van der Waals surface area contributed by atoms with Gasteiger partial charge in [0, 0.05) is 18.0 Å². The molecule has 0 aliphatic rings. The second-order valence-corrected chi connectivity index (χ2v) is 3.96. The third-order valence-electron chi connectivity index (χ3n) is 2.60. The number of halogens is 3. The van der Waals surface area contributed by atoms with Gasteiger partial charge in [0.2, 0.25) is 0 Å². The Morgan fingerprint density at radius 3 is 2.50 bits per heavy atom. The number of hydrogen-bond acceptors (Lipinski definition) is 2. The van der Waals surface area contributed by atoms with Gasteiger partial charge in [-0.3, -0.25) is 4.98 Å². The molecule has 18 heavy (non-hydrogen) atoms. The van der Waals surface area contributed by atoms with E-state index in [1.165, 1.54) is 12.3 Å². The molecule has 0 saturated heterocycles. The molecule has 0 saturated carbocycles. The molecule has 94 valence electrons. The summed E-state index contributed by atoms with van der Waals surface area (Å²) in [5.74, 6) is -0.414. The number of aromatic nitrogens is 1. The van der Waals surface area contributed by atoms with E-state index < -0.39 is 17.5 Å². The number of nitrogens with zero attached hydrogens (tertiary/aromatic N) is 1. The van der Waals surface area contributed by atoms with Gasteiger partial charge >= 0.3 is 6.18 Å². The Balaban J connectivity index is 2.60. The Morgan fingerprint density at radius 2 is 1.89 bits per heavy atom. The molecule has 2 rings (SSSR count). The molecular weight excluding hydrogens is 243 g/mol. The summed E-state index contributed by atoms with van der Waals surface area (Å²) in [5.41, 5.74) is 0.788. The van der Waals surface area contributed by atoms with Crippen LogP contribution in [0.15, 0.2) is 36.7 Å². The predicted molar refractivity (Wildman–Crippen MR) is 61.1 cm³/mol. The largest absolute Gasteiger partial charge is 0.508 e. The first kappa shape index (κ1) is 12.4. The SMILES string of the molecule is Cc1ccncc1-c1cc(O)cc(C(F)(F)F)c1. The van der Waals surface area contributed by atoms with Crippen molar-refractivity contribution in [1.82, 2.24) is 4.98 Å². The van der Waals surface area contributed by atoms with Gasteiger partial charge in [-0.05, 0) is 42.3 Å². The van der Waals surface area contributed by atoms with Crippen molar-refractivity contribution < 1.29 is 18.3 Å². The highest BCUT2D eigenvalue weighted by atomic mass is 19.4. The van der Waals surface area contributed by atoms with E-state index in [0.717, 1.165) is 11.6 Å². The maximum Gasteiger partial charge on any atom is 0.416 e. The summed E-state index contributed by atoms with van der Waals surface area (Å²) in [6, 6.07) is 4.70. The molecule has 1 heterocycles. The molecule has 0 fully saturated rings. The van der Waals surface area contributed by atoms with Crippen molar-refractivity contribution >= 4 is 0 Å². The van der Waals surface area contributed by atoms with Gasteiger partial charge in [0.15, 0.2) is 0 Å². The van der Waals surface area contributed by atoms with E-state index in [2.05, 4.69) is 4.98 Å². The van der Waals surface area contributed by atoms with Crippen LogP contribution < -0.4 is 0 Å². The van der Waals surface area contributed by atoms with E-state index in [9.17, 15) is 18.3 Å². The molecule has 0 unspecified atom stereocenters. The zero-order valence-corrected chi connectivity index (χ0v) is 9.49. The number of rotatable bonds is 1. The topological polar surface area (TPSA) is 33.1 Å². The Labute approximate surface area is 102 Å². The van der Waals surface area contributed by atoms with Crippen molar-refractivity contribution in [1.29, 1.82) is 0 Å². The van der Waals surface area contributed by atoms with Crippen LogP contribution in [0.4, 0.5) is 13.2 Å². The fourth-order valence-electron chi connectivity index (χ4n) is 1.70. The van der Waals surface area contributed by atoms with Crippen LogP contribution in [0.1, 0.15) is 11.1 Å². The predicted octanol–water partition coefficient (Wildman–Crippen LogP) is 3.78. The van der Waals surface area contributed by atoms with Gasteiger partial charge < -0.3 is 5.11 Å². The second kappa shape index (κ2) is 4.33. The number of alkyl halides is 3. The van der Waals surface area contributed by atoms with Crippen LogP contribution in [0, 0.1) is 6.92 Å². The molecule has 0 aliphatic heterocycles.